The van der Waals surface area contributed by atoms with E-state index in [1.165, 1.54) is 5.56 Å². The van der Waals surface area contributed by atoms with Gasteiger partial charge in [0, 0.05) is 32.1 Å². The molecule has 32 heavy (non-hydrogen) atoms. The van der Waals surface area contributed by atoms with E-state index in [4.69, 9.17) is 10.5 Å². The van der Waals surface area contributed by atoms with Crippen molar-refractivity contribution in [3.05, 3.63) is 71.3 Å². The summed E-state index contributed by atoms with van der Waals surface area (Å²) in [6, 6.07) is 18.1. The minimum atomic E-state index is -0.241. The lowest BCUT2D eigenvalue weighted by Gasteiger charge is -2.34. The van der Waals surface area contributed by atoms with Gasteiger partial charge in [-0.25, -0.2) is 0 Å². The molecular formula is C26H35N3O3. The minimum absolute atomic E-state index is 0.108. The summed E-state index contributed by atoms with van der Waals surface area (Å²) in [6.07, 6.45) is 3.37. The maximum Gasteiger partial charge on any atom is 0.305 e. The van der Waals surface area contributed by atoms with Crippen molar-refractivity contribution in [3.63, 3.8) is 0 Å². The molecule has 1 heterocycles. The van der Waals surface area contributed by atoms with Gasteiger partial charge in [-0.05, 0) is 49.3 Å². The average molecular weight is 438 g/mol. The number of rotatable bonds is 11. The molecule has 2 aromatic carbocycles. The van der Waals surface area contributed by atoms with Crippen molar-refractivity contribution < 1.29 is 14.3 Å². The molecule has 1 saturated heterocycles. The van der Waals surface area contributed by atoms with Crippen molar-refractivity contribution in [1.29, 1.82) is 0 Å². The molecule has 1 aliphatic heterocycles. The number of esters is 1. The van der Waals surface area contributed by atoms with E-state index in [1.807, 2.05) is 36.1 Å². The van der Waals surface area contributed by atoms with Gasteiger partial charge in [0.05, 0.1) is 12.6 Å². The van der Waals surface area contributed by atoms with Gasteiger partial charge in [0.25, 0.3) is 0 Å². The topological polar surface area (TPSA) is 84.7 Å². The van der Waals surface area contributed by atoms with Crippen LogP contribution in [-0.2, 0) is 33.7 Å². The molecule has 0 unspecified atom stereocenters. The first-order valence-corrected chi connectivity index (χ1v) is 11.6. The largest absolute Gasteiger partial charge is 0.466 e. The summed E-state index contributed by atoms with van der Waals surface area (Å²) in [5.41, 5.74) is 9.95. The van der Waals surface area contributed by atoms with Crippen LogP contribution in [0.25, 0.3) is 0 Å². The van der Waals surface area contributed by atoms with Crippen LogP contribution in [0.2, 0.25) is 0 Å². The lowest BCUT2D eigenvalue weighted by atomic mass is 9.96. The lowest BCUT2D eigenvalue weighted by Crippen LogP contribution is -2.56. The van der Waals surface area contributed by atoms with Crippen LogP contribution in [0.1, 0.15) is 42.9 Å². The van der Waals surface area contributed by atoms with E-state index in [-0.39, 0.29) is 24.0 Å². The van der Waals surface area contributed by atoms with Gasteiger partial charge in [-0.2, -0.15) is 0 Å². The monoisotopic (exact) mass is 437 g/mol. The highest BCUT2D eigenvalue weighted by molar-refractivity contribution is 5.82. The number of amides is 1. The number of carbonyl (C=O) groups excluding carboxylic acids is 2. The molecule has 0 bridgehead atoms. The van der Waals surface area contributed by atoms with Gasteiger partial charge in [0.15, 0.2) is 0 Å². The quantitative estimate of drug-likeness (QED) is 0.528. The number of benzene rings is 2. The molecule has 0 aromatic heterocycles. The molecular weight excluding hydrogens is 402 g/mol. The number of nitrogens with one attached hydrogen (secondary N) is 1. The van der Waals surface area contributed by atoms with E-state index in [2.05, 4.69) is 35.6 Å². The Morgan fingerprint density at radius 1 is 1.16 bits per heavy atom. The molecule has 0 saturated carbocycles. The fourth-order valence-corrected chi connectivity index (χ4v) is 4.21. The normalized spacial score (nSPS) is 17.2. The van der Waals surface area contributed by atoms with Gasteiger partial charge in [0.2, 0.25) is 5.91 Å². The van der Waals surface area contributed by atoms with Crippen LogP contribution in [0.15, 0.2) is 54.6 Å². The third-order valence-corrected chi connectivity index (χ3v) is 5.78. The zero-order chi connectivity index (χ0) is 22.8. The van der Waals surface area contributed by atoms with Crippen molar-refractivity contribution in [2.24, 2.45) is 5.73 Å². The fourth-order valence-electron chi connectivity index (χ4n) is 4.21. The summed E-state index contributed by atoms with van der Waals surface area (Å²) in [5.74, 6) is -0.0140. The highest BCUT2D eigenvalue weighted by Gasteiger charge is 2.29. The molecule has 0 radical (unpaired) electrons. The Kier molecular flexibility index (Phi) is 9.26. The van der Waals surface area contributed by atoms with Crippen LogP contribution in [0.4, 0.5) is 0 Å². The van der Waals surface area contributed by atoms with E-state index < -0.39 is 0 Å². The van der Waals surface area contributed by atoms with Crippen molar-refractivity contribution in [1.82, 2.24) is 10.2 Å². The molecule has 0 spiro atoms. The minimum Gasteiger partial charge on any atom is -0.466 e. The first-order valence-electron chi connectivity index (χ1n) is 11.6. The first-order chi connectivity index (χ1) is 15.5. The summed E-state index contributed by atoms with van der Waals surface area (Å²) in [6.45, 7) is 4.39. The van der Waals surface area contributed by atoms with E-state index in [9.17, 15) is 9.59 Å². The first kappa shape index (κ1) is 24.0. The molecule has 1 fully saturated rings. The van der Waals surface area contributed by atoms with E-state index in [1.54, 1.807) is 0 Å². The number of nitrogens with zero attached hydrogens (tertiary/aromatic N) is 1. The zero-order valence-electron chi connectivity index (χ0n) is 19.0. The van der Waals surface area contributed by atoms with Crippen LogP contribution < -0.4 is 11.1 Å². The Bertz CT molecular complexity index is 872. The second-order valence-corrected chi connectivity index (χ2v) is 8.43. The number of piperazine rings is 1. The molecule has 6 nitrogen and oxygen atoms in total. The van der Waals surface area contributed by atoms with Gasteiger partial charge in [-0.15, -0.1) is 0 Å². The summed E-state index contributed by atoms with van der Waals surface area (Å²) < 4.78 is 4.99. The smallest absolute Gasteiger partial charge is 0.305 e. The Labute approximate surface area is 191 Å². The Balaban J connectivity index is 1.48. The molecule has 6 heteroatoms. The molecule has 2 aromatic rings. The highest BCUT2D eigenvalue weighted by Crippen LogP contribution is 2.15. The predicted molar refractivity (Wildman–Crippen MR) is 126 cm³/mol. The number of carbonyl (C=O) groups is 2. The maximum atomic E-state index is 13.0. The summed E-state index contributed by atoms with van der Waals surface area (Å²) in [7, 11) is 0. The molecule has 3 N–H and O–H groups in total. The van der Waals surface area contributed by atoms with Crippen molar-refractivity contribution in [2.45, 2.75) is 57.7 Å². The molecule has 1 aliphatic rings. The van der Waals surface area contributed by atoms with Crippen molar-refractivity contribution in [2.75, 3.05) is 19.7 Å². The van der Waals surface area contributed by atoms with Crippen molar-refractivity contribution in [3.8, 4) is 0 Å². The number of hydrogen-bond acceptors (Lipinski definition) is 5. The third kappa shape index (κ3) is 7.46. The van der Waals surface area contributed by atoms with E-state index in [0.29, 0.717) is 32.5 Å². The van der Waals surface area contributed by atoms with Gasteiger partial charge in [-0.1, -0.05) is 54.6 Å². The molecule has 0 aliphatic carbocycles. The van der Waals surface area contributed by atoms with E-state index >= 15 is 0 Å². The van der Waals surface area contributed by atoms with Gasteiger partial charge in [-0.3, -0.25) is 9.59 Å². The lowest BCUT2D eigenvalue weighted by molar-refractivity contribution is -0.143. The molecule has 172 valence electrons. The van der Waals surface area contributed by atoms with Crippen molar-refractivity contribution >= 4 is 11.9 Å². The predicted octanol–water partition coefficient (Wildman–Crippen LogP) is 2.83. The standard InChI is InChI=1S/C26H35N3O3/c1-2-32-25(30)13-7-11-20-10-6-12-22(16-20)17-23(27)18-24-26(31)29(15-14-28-24)19-21-8-4-3-5-9-21/h3-6,8-10,12,16,23-24,28H,2,7,11,13-15,17-19,27H2,1H3/t23-,24-/m0/s1. The number of ether oxygens (including phenoxy) is 1. The van der Waals surface area contributed by atoms with Crippen LogP contribution in [0.5, 0.6) is 0 Å². The summed E-state index contributed by atoms with van der Waals surface area (Å²) in [5, 5.41) is 3.35. The summed E-state index contributed by atoms with van der Waals surface area (Å²) >= 11 is 0. The number of hydrogen-bond donors (Lipinski definition) is 2. The molecule has 1 amide bonds. The van der Waals surface area contributed by atoms with E-state index in [0.717, 1.165) is 36.9 Å². The summed E-state index contributed by atoms with van der Waals surface area (Å²) in [4.78, 5) is 26.4. The second-order valence-electron chi connectivity index (χ2n) is 8.43. The highest BCUT2D eigenvalue weighted by atomic mass is 16.5. The van der Waals surface area contributed by atoms with Gasteiger partial charge >= 0.3 is 5.97 Å². The van der Waals surface area contributed by atoms with Crippen LogP contribution >= 0.6 is 0 Å². The third-order valence-electron chi connectivity index (χ3n) is 5.78. The molecule has 3 rings (SSSR count). The Morgan fingerprint density at radius 3 is 2.69 bits per heavy atom. The van der Waals surface area contributed by atoms with Gasteiger partial charge in [0.1, 0.15) is 0 Å². The maximum absolute atomic E-state index is 13.0. The molecule has 2 atom stereocenters. The van der Waals surface area contributed by atoms with Crippen LogP contribution in [0.3, 0.4) is 0 Å². The zero-order valence-corrected chi connectivity index (χ0v) is 19.0. The Morgan fingerprint density at radius 2 is 1.91 bits per heavy atom. The fraction of sp³-hybridized carbons (Fsp3) is 0.462. The average Bonchev–Trinajstić information content (AvgIpc) is 2.78. The van der Waals surface area contributed by atoms with Gasteiger partial charge < -0.3 is 20.7 Å². The second kappa shape index (κ2) is 12.4. The SMILES string of the molecule is CCOC(=O)CCCc1cccc(C[C@H](N)C[C@@H]2NCCN(Cc3ccccc3)C2=O)c1. The van der Waals surface area contributed by atoms with Crippen LogP contribution in [-0.4, -0.2) is 48.6 Å². The number of nitrogens with two attached hydrogens (primary N) is 1. The number of aryl methyl sites for hydroxylation is 1. The Hall–Kier alpha value is -2.70. The van der Waals surface area contributed by atoms with Crippen LogP contribution in [0, 0.1) is 0 Å².